The normalized spacial score (nSPS) is 17.5. The average Bonchev–Trinajstić information content (AvgIpc) is 2.84. The highest BCUT2D eigenvalue weighted by atomic mass is 16.6. The number of carbonyl (C=O) groups excluding carboxylic acids is 2. The molecule has 36 heavy (non-hydrogen) atoms. The smallest absolute Gasteiger partial charge is 0.410 e. The zero-order chi connectivity index (χ0) is 25.7. The van der Waals surface area contributed by atoms with Crippen LogP contribution < -0.4 is 16.4 Å². The van der Waals surface area contributed by atoms with Crippen molar-refractivity contribution in [2.45, 2.75) is 64.0 Å². The van der Waals surface area contributed by atoms with Crippen molar-refractivity contribution >= 4 is 29.2 Å². The molecule has 0 spiro atoms. The Labute approximate surface area is 212 Å². The van der Waals surface area contributed by atoms with Gasteiger partial charge in [0, 0.05) is 50.3 Å². The molecular weight excluding hydrogens is 458 g/mol. The molecule has 9 heteroatoms. The third kappa shape index (κ3) is 6.87. The number of benzene rings is 1. The minimum atomic E-state index is -0.538. The number of hydrogen-bond acceptors (Lipinski definition) is 7. The molecule has 0 radical (unpaired) electrons. The number of amides is 2. The summed E-state index contributed by atoms with van der Waals surface area (Å²) >= 11 is 0. The second-order valence-corrected chi connectivity index (χ2v) is 10.5. The van der Waals surface area contributed by atoms with E-state index in [-0.39, 0.29) is 12.1 Å². The van der Waals surface area contributed by atoms with E-state index in [4.69, 9.17) is 15.2 Å². The van der Waals surface area contributed by atoms with Gasteiger partial charge in [0.25, 0.3) is 5.91 Å². The molecule has 194 valence electrons. The highest BCUT2D eigenvalue weighted by Gasteiger charge is 2.27. The minimum absolute atomic E-state index is 0.0933. The Bertz CT molecular complexity index is 1050. The number of likely N-dealkylation sites (tertiary alicyclic amines) is 1. The van der Waals surface area contributed by atoms with E-state index in [1.54, 1.807) is 4.90 Å². The van der Waals surface area contributed by atoms with Gasteiger partial charge in [-0.15, -0.1) is 0 Å². The maximum atomic E-state index is 12.4. The summed E-state index contributed by atoms with van der Waals surface area (Å²) in [5.74, 6) is 0.620. The predicted molar refractivity (Wildman–Crippen MR) is 140 cm³/mol. The molecule has 0 bridgehead atoms. The first-order chi connectivity index (χ1) is 17.2. The lowest BCUT2D eigenvalue weighted by molar-refractivity contribution is 0.0210. The molecular formula is C27H37N5O4. The molecule has 3 heterocycles. The number of rotatable bonds is 6. The van der Waals surface area contributed by atoms with Crippen molar-refractivity contribution in [1.82, 2.24) is 9.88 Å². The summed E-state index contributed by atoms with van der Waals surface area (Å²) in [7, 11) is 0. The van der Waals surface area contributed by atoms with E-state index >= 15 is 0 Å². The molecule has 0 aliphatic carbocycles. The number of ether oxygens (including phenoxy) is 2. The lowest BCUT2D eigenvalue weighted by atomic mass is 9.92. The molecule has 1 aromatic carbocycles. The summed E-state index contributed by atoms with van der Waals surface area (Å²) in [6.45, 7) is 8.37. The number of nitrogens with zero attached hydrogens (tertiary/aromatic N) is 2. The Kier molecular flexibility index (Phi) is 7.98. The monoisotopic (exact) mass is 495 g/mol. The summed E-state index contributed by atoms with van der Waals surface area (Å²) in [4.78, 5) is 30.5. The number of nitrogens with two attached hydrogens (primary N) is 1. The summed E-state index contributed by atoms with van der Waals surface area (Å²) in [6, 6.07) is 10.3. The molecule has 2 fully saturated rings. The third-order valence-corrected chi connectivity index (χ3v) is 6.55. The number of carbonyl (C=O) groups is 2. The highest BCUT2D eigenvalue weighted by molar-refractivity contribution is 5.98. The molecule has 0 unspecified atom stereocenters. The van der Waals surface area contributed by atoms with E-state index in [0.717, 1.165) is 44.6 Å². The van der Waals surface area contributed by atoms with Crippen LogP contribution in [0, 0.1) is 0 Å². The SMILES string of the molecule is CC(C)(C)OC(=O)N1CCC(Nc2cc(Nc3ccc(C4CCOCC4)cc3)ncc2C(N)=O)CC1. The first-order valence-corrected chi connectivity index (χ1v) is 12.7. The molecule has 4 N–H and O–H groups in total. The number of hydrogen-bond donors (Lipinski definition) is 3. The Morgan fingerprint density at radius 2 is 1.75 bits per heavy atom. The Balaban J connectivity index is 1.39. The van der Waals surface area contributed by atoms with E-state index in [9.17, 15) is 9.59 Å². The molecule has 0 atom stereocenters. The topological polar surface area (TPSA) is 119 Å². The summed E-state index contributed by atoms with van der Waals surface area (Å²) in [5, 5.41) is 6.77. The lowest BCUT2D eigenvalue weighted by Gasteiger charge is -2.34. The van der Waals surface area contributed by atoms with Crippen molar-refractivity contribution < 1.29 is 19.1 Å². The maximum absolute atomic E-state index is 12.4. The number of piperidine rings is 1. The molecule has 9 nitrogen and oxygen atoms in total. The summed E-state index contributed by atoms with van der Waals surface area (Å²) < 4.78 is 10.9. The van der Waals surface area contributed by atoms with E-state index in [1.165, 1.54) is 11.8 Å². The van der Waals surface area contributed by atoms with Crippen molar-refractivity contribution in [2.24, 2.45) is 5.73 Å². The fourth-order valence-electron chi connectivity index (χ4n) is 4.61. The van der Waals surface area contributed by atoms with Crippen LogP contribution in [0.15, 0.2) is 36.5 Å². The van der Waals surface area contributed by atoms with Crippen LogP contribution in [0.25, 0.3) is 0 Å². The fraction of sp³-hybridized carbons (Fsp3) is 0.519. The Morgan fingerprint density at radius 3 is 2.36 bits per heavy atom. The van der Waals surface area contributed by atoms with Crippen LogP contribution in [-0.2, 0) is 9.47 Å². The second-order valence-electron chi connectivity index (χ2n) is 10.5. The fourth-order valence-corrected chi connectivity index (χ4v) is 4.61. The third-order valence-electron chi connectivity index (χ3n) is 6.55. The van der Waals surface area contributed by atoms with Crippen molar-refractivity contribution in [3.05, 3.63) is 47.7 Å². The zero-order valence-corrected chi connectivity index (χ0v) is 21.4. The zero-order valence-electron chi connectivity index (χ0n) is 21.4. The largest absolute Gasteiger partial charge is 0.444 e. The van der Waals surface area contributed by atoms with Gasteiger partial charge >= 0.3 is 6.09 Å². The molecule has 0 saturated carbocycles. The van der Waals surface area contributed by atoms with E-state index in [1.807, 2.05) is 39.0 Å². The van der Waals surface area contributed by atoms with Crippen LogP contribution >= 0.6 is 0 Å². The first kappa shape index (κ1) is 25.8. The molecule has 2 aliphatic rings. The van der Waals surface area contributed by atoms with Gasteiger partial charge in [-0.1, -0.05) is 12.1 Å². The van der Waals surface area contributed by atoms with Gasteiger partial charge in [-0.3, -0.25) is 4.79 Å². The Hall–Kier alpha value is -3.33. The maximum Gasteiger partial charge on any atom is 0.410 e. The van der Waals surface area contributed by atoms with Crippen molar-refractivity contribution in [3.63, 3.8) is 0 Å². The number of primary amides is 1. The first-order valence-electron chi connectivity index (χ1n) is 12.7. The van der Waals surface area contributed by atoms with Crippen molar-refractivity contribution in [3.8, 4) is 0 Å². The molecule has 1 aromatic heterocycles. The molecule has 2 aliphatic heterocycles. The van der Waals surface area contributed by atoms with Gasteiger partial charge < -0.3 is 30.7 Å². The second kappa shape index (κ2) is 11.2. The van der Waals surface area contributed by atoms with Gasteiger partial charge in [0.15, 0.2) is 0 Å². The van der Waals surface area contributed by atoms with Gasteiger partial charge in [-0.25, -0.2) is 9.78 Å². The summed E-state index contributed by atoms with van der Waals surface area (Å²) in [5.41, 5.74) is 8.30. The van der Waals surface area contributed by atoms with Crippen LogP contribution in [-0.4, -0.2) is 59.8 Å². The van der Waals surface area contributed by atoms with Gasteiger partial charge in [0.2, 0.25) is 0 Å². The van der Waals surface area contributed by atoms with Gasteiger partial charge in [-0.2, -0.15) is 0 Å². The number of aromatic nitrogens is 1. The lowest BCUT2D eigenvalue weighted by Crippen LogP contribution is -2.44. The van der Waals surface area contributed by atoms with E-state index in [2.05, 4.69) is 27.8 Å². The van der Waals surface area contributed by atoms with Crippen molar-refractivity contribution in [1.29, 1.82) is 0 Å². The number of anilines is 3. The molecule has 4 rings (SSSR count). The molecule has 2 saturated heterocycles. The van der Waals surface area contributed by atoms with Gasteiger partial charge in [0.1, 0.15) is 11.4 Å². The van der Waals surface area contributed by atoms with Crippen LogP contribution in [0.3, 0.4) is 0 Å². The van der Waals surface area contributed by atoms with Crippen LogP contribution in [0.1, 0.15) is 68.3 Å². The minimum Gasteiger partial charge on any atom is -0.444 e. The number of pyridine rings is 1. The number of nitrogens with one attached hydrogen (secondary N) is 2. The molecule has 2 aromatic rings. The van der Waals surface area contributed by atoms with E-state index < -0.39 is 11.5 Å². The van der Waals surface area contributed by atoms with E-state index in [0.29, 0.717) is 36.1 Å². The van der Waals surface area contributed by atoms with Crippen molar-refractivity contribution in [2.75, 3.05) is 36.9 Å². The average molecular weight is 496 g/mol. The predicted octanol–water partition coefficient (Wildman–Crippen LogP) is 4.63. The Morgan fingerprint density at radius 1 is 1.08 bits per heavy atom. The highest BCUT2D eigenvalue weighted by Crippen LogP contribution is 2.29. The standard InChI is InChI=1S/C27H37N5O4/c1-27(2,3)36-26(34)32-12-8-21(9-13-32)30-23-16-24(29-17-22(23)25(28)33)31-20-6-4-18(5-7-20)19-10-14-35-15-11-19/h4-7,16-17,19,21H,8-15H2,1-3H3,(H2,28,33)(H2,29,30,31). The van der Waals surface area contributed by atoms with Crippen LogP contribution in [0.5, 0.6) is 0 Å². The quantitative estimate of drug-likeness (QED) is 0.535. The van der Waals surface area contributed by atoms with Crippen LogP contribution in [0.4, 0.5) is 22.0 Å². The molecule has 2 amide bonds. The van der Waals surface area contributed by atoms with Crippen LogP contribution in [0.2, 0.25) is 0 Å². The van der Waals surface area contributed by atoms with Gasteiger partial charge in [-0.05, 0) is 70.1 Å². The van der Waals surface area contributed by atoms with Gasteiger partial charge in [0.05, 0.1) is 11.3 Å². The summed E-state index contributed by atoms with van der Waals surface area (Å²) in [6.07, 6.45) is 4.77.